The van der Waals surface area contributed by atoms with Crippen LogP contribution in [0.3, 0.4) is 0 Å². The summed E-state index contributed by atoms with van der Waals surface area (Å²) >= 11 is 0. The van der Waals surface area contributed by atoms with Crippen LogP contribution in [-0.4, -0.2) is 30.8 Å². The Hall–Kier alpha value is -1.70. The summed E-state index contributed by atoms with van der Waals surface area (Å²) in [4.78, 5) is 0.351. The zero-order valence-corrected chi connectivity index (χ0v) is 15.1. The second-order valence-electron chi connectivity index (χ2n) is 6.89. The maximum absolute atomic E-state index is 12.9. The molecule has 2 aliphatic rings. The van der Waals surface area contributed by atoms with E-state index in [1.54, 1.807) is 16.9 Å². The van der Waals surface area contributed by atoms with E-state index in [4.69, 9.17) is 4.74 Å². The molecule has 2 atom stereocenters. The van der Waals surface area contributed by atoms with Crippen molar-refractivity contribution in [3.63, 3.8) is 0 Å². The topological polar surface area (TPSA) is 73.2 Å². The molecule has 0 radical (unpaired) electrons. The number of aromatic nitrogens is 2. The van der Waals surface area contributed by atoms with Crippen LogP contribution in [-0.2, 0) is 34.6 Å². The van der Waals surface area contributed by atoms with Gasteiger partial charge in [-0.15, -0.1) is 0 Å². The van der Waals surface area contributed by atoms with Gasteiger partial charge >= 0.3 is 0 Å². The van der Waals surface area contributed by atoms with Crippen molar-refractivity contribution >= 4 is 10.0 Å². The van der Waals surface area contributed by atoms with Crippen LogP contribution in [0.4, 0.5) is 0 Å². The number of hydrogen-bond acceptors (Lipinski definition) is 4. The number of nitrogens with one attached hydrogen (secondary N) is 1. The summed E-state index contributed by atoms with van der Waals surface area (Å²) < 4.78 is 36.2. The Morgan fingerprint density at radius 2 is 2.08 bits per heavy atom. The van der Waals surface area contributed by atoms with Gasteiger partial charge in [-0.2, -0.15) is 5.10 Å². The van der Waals surface area contributed by atoms with Gasteiger partial charge in [0, 0.05) is 25.4 Å². The summed E-state index contributed by atoms with van der Waals surface area (Å²) in [7, 11) is -1.73. The van der Waals surface area contributed by atoms with Crippen molar-refractivity contribution in [1.82, 2.24) is 14.5 Å². The average Bonchev–Trinajstić information content (AvgIpc) is 3.23. The number of ether oxygens (including phenoxy) is 1. The van der Waals surface area contributed by atoms with Crippen LogP contribution in [0.25, 0.3) is 0 Å². The Bertz CT molecular complexity index is 875. The Labute approximate surface area is 148 Å². The third kappa shape index (κ3) is 3.36. The summed E-state index contributed by atoms with van der Waals surface area (Å²) in [5.74, 6) is 0. The maximum Gasteiger partial charge on any atom is 0.240 e. The first-order valence-electron chi connectivity index (χ1n) is 8.77. The lowest BCUT2D eigenvalue weighted by Gasteiger charge is -2.31. The molecule has 0 unspecified atom stereocenters. The Balaban J connectivity index is 1.58. The summed E-state index contributed by atoms with van der Waals surface area (Å²) in [6, 6.07) is 5.21. The van der Waals surface area contributed by atoms with Crippen molar-refractivity contribution in [3.05, 3.63) is 47.3 Å². The molecule has 134 valence electrons. The van der Waals surface area contributed by atoms with Crippen LogP contribution < -0.4 is 4.72 Å². The Morgan fingerprint density at radius 3 is 2.88 bits per heavy atom. The lowest BCUT2D eigenvalue weighted by molar-refractivity contribution is -0.00446. The molecule has 1 aromatic carbocycles. The molecule has 1 aliphatic carbocycles. The lowest BCUT2D eigenvalue weighted by Crippen LogP contribution is -2.42. The van der Waals surface area contributed by atoms with Gasteiger partial charge in [0.25, 0.3) is 0 Å². The first-order valence-corrected chi connectivity index (χ1v) is 10.3. The minimum Gasteiger partial charge on any atom is -0.372 e. The average molecular weight is 361 g/mol. The molecule has 0 bridgehead atoms. The fourth-order valence-electron chi connectivity index (χ4n) is 3.80. The van der Waals surface area contributed by atoms with Crippen LogP contribution in [0, 0.1) is 0 Å². The highest BCUT2D eigenvalue weighted by atomic mass is 32.2. The highest BCUT2D eigenvalue weighted by Gasteiger charge is 2.32. The summed E-state index contributed by atoms with van der Waals surface area (Å²) in [5.41, 5.74) is 3.34. The molecule has 1 fully saturated rings. The highest BCUT2D eigenvalue weighted by molar-refractivity contribution is 7.89. The molecule has 2 aromatic rings. The van der Waals surface area contributed by atoms with Gasteiger partial charge in [-0.25, -0.2) is 13.1 Å². The minimum atomic E-state index is -3.57. The first-order chi connectivity index (χ1) is 12.0. The van der Waals surface area contributed by atoms with Gasteiger partial charge < -0.3 is 4.74 Å². The van der Waals surface area contributed by atoms with E-state index in [0.717, 1.165) is 43.2 Å². The van der Waals surface area contributed by atoms with E-state index in [2.05, 4.69) is 9.82 Å². The van der Waals surface area contributed by atoms with Gasteiger partial charge in [-0.3, -0.25) is 4.68 Å². The molecular weight excluding hydrogens is 338 g/mol. The van der Waals surface area contributed by atoms with Crippen molar-refractivity contribution in [2.75, 3.05) is 6.61 Å². The molecule has 1 saturated heterocycles. The molecule has 1 aliphatic heterocycles. The standard InChI is InChI=1S/C18H23N3O3S/c1-21-12-15(11-19-21)18-17(6-3-9-24-18)20-25(22,23)16-8-7-13-4-2-5-14(13)10-16/h7-8,10-12,17-18,20H,2-6,9H2,1H3/t17-,18+/m0/s1. The molecule has 0 saturated carbocycles. The molecule has 7 heteroatoms. The third-order valence-electron chi connectivity index (χ3n) is 5.06. The highest BCUT2D eigenvalue weighted by Crippen LogP contribution is 2.30. The van der Waals surface area contributed by atoms with Crippen LogP contribution in [0.15, 0.2) is 35.5 Å². The van der Waals surface area contributed by atoms with Gasteiger partial charge in [0.1, 0.15) is 6.10 Å². The first kappa shape index (κ1) is 16.8. The smallest absolute Gasteiger partial charge is 0.240 e. The van der Waals surface area contributed by atoms with Crippen LogP contribution >= 0.6 is 0 Å². The number of fused-ring (bicyclic) bond motifs is 1. The summed E-state index contributed by atoms with van der Waals surface area (Å²) in [6.45, 7) is 0.636. The molecule has 2 heterocycles. The maximum atomic E-state index is 12.9. The van der Waals surface area contributed by atoms with E-state index >= 15 is 0 Å². The van der Waals surface area contributed by atoms with Gasteiger partial charge in [0.2, 0.25) is 10.0 Å². The van der Waals surface area contributed by atoms with Gasteiger partial charge in [0.05, 0.1) is 17.1 Å². The van der Waals surface area contributed by atoms with E-state index in [9.17, 15) is 8.42 Å². The zero-order valence-electron chi connectivity index (χ0n) is 14.3. The fourth-order valence-corrected chi connectivity index (χ4v) is 5.12. The summed E-state index contributed by atoms with van der Waals surface area (Å²) in [6.07, 6.45) is 8.03. The number of sulfonamides is 1. The second-order valence-corrected chi connectivity index (χ2v) is 8.61. The van der Waals surface area contributed by atoms with E-state index in [1.807, 2.05) is 25.4 Å². The van der Waals surface area contributed by atoms with Crippen molar-refractivity contribution < 1.29 is 13.2 Å². The van der Waals surface area contributed by atoms with Gasteiger partial charge in [0.15, 0.2) is 0 Å². The Kier molecular flexibility index (Phi) is 4.39. The lowest BCUT2D eigenvalue weighted by atomic mass is 9.99. The molecule has 1 aromatic heterocycles. The number of hydrogen-bond donors (Lipinski definition) is 1. The molecule has 0 spiro atoms. The predicted molar refractivity (Wildman–Crippen MR) is 93.7 cm³/mol. The molecular formula is C18H23N3O3S. The van der Waals surface area contributed by atoms with Crippen molar-refractivity contribution in [1.29, 1.82) is 0 Å². The SMILES string of the molecule is Cn1cc([C@H]2OCCC[C@@H]2NS(=O)(=O)c2ccc3c(c2)CCC3)cn1. The van der Waals surface area contributed by atoms with Gasteiger partial charge in [-0.05, 0) is 55.4 Å². The number of nitrogens with zero attached hydrogens (tertiary/aromatic N) is 2. The predicted octanol–water partition coefficient (Wildman–Crippen LogP) is 2.11. The fraction of sp³-hybridized carbons (Fsp3) is 0.500. The molecule has 6 nitrogen and oxygen atoms in total. The normalized spacial score (nSPS) is 23.6. The number of benzene rings is 1. The second kappa shape index (κ2) is 6.55. The third-order valence-corrected chi connectivity index (χ3v) is 6.55. The number of aryl methyl sites for hydroxylation is 3. The van der Waals surface area contributed by atoms with Crippen LogP contribution in [0.5, 0.6) is 0 Å². The Morgan fingerprint density at radius 1 is 1.24 bits per heavy atom. The molecule has 4 rings (SSSR count). The monoisotopic (exact) mass is 361 g/mol. The van der Waals surface area contributed by atoms with E-state index < -0.39 is 10.0 Å². The quantitative estimate of drug-likeness (QED) is 0.905. The largest absolute Gasteiger partial charge is 0.372 e. The van der Waals surface area contributed by atoms with Gasteiger partial charge in [-0.1, -0.05) is 6.07 Å². The van der Waals surface area contributed by atoms with E-state index in [0.29, 0.717) is 11.5 Å². The summed E-state index contributed by atoms with van der Waals surface area (Å²) in [5, 5.41) is 4.18. The van der Waals surface area contributed by atoms with E-state index in [-0.39, 0.29) is 12.1 Å². The van der Waals surface area contributed by atoms with Crippen molar-refractivity contribution in [2.24, 2.45) is 7.05 Å². The van der Waals surface area contributed by atoms with Crippen molar-refractivity contribution in [2.45, 2.75) is 49.1 Å². The molecule has 25 heavy (non-hydrogen) atoms. The molecule has 0 amide bonds. The molecule has 1 N–H and O–H groups in total. The van der Waals surface area contributed by atoms with Crippen LogP contribution in [0.1, 0.15) is 42.1 Å². The zero-order chi connectivity index (χ0) is 17.4. The van der Waals surface area contributed by atoms with Crippen molar-refractivity contribution in [3.8, 4) is 0 Å². The van der Waals surface area contributed by atoms with Crippen LogP contribution in [0.2, 0.25) is 0 Å². The van der Waals surface area contributed by atoms with E-state index in [1.165, 1.54) is 5.56 Å². The minimum absolute atomic E-state index is 0.281. The number of rotatable bonds is 4.